The van der Waals surface area contributed by atoms with E-state index in [1.54, 1.807) is 0 Å². The number of hydrogen-bond acceptors (Lipinski definition) is 6. The molecule has 0 fully saturated rings. The summed E-state index contributed by atoms with van der Waals surface area (Å²) < 4.78 is 37.1. The molecule has 0 atom stereocenters. The minimum atomic E-state index is -2.92. The molecule has 114 valence electrons. The molecule has 0 aliphatic heterocycles. The van der Waals surface area contributed by atoms with E-state index in [4.69, 9.17) is 0 Å². The van der Waals surface area contributed by atoms with Crippen LogP contribution < -0.4 is 10.1 Å². The van der Waals surface area contributed by atoms with Gasteiger partial charge in [0.05, 0.1) is 20.3 Å². The number of hydrogen-bond donors (Lipinski definition) is 1. The molecule has 0 heterocycles. The smallest absolute Gasteiger partial charge is 0.387 e. The van der Waals surface area contributed by atoms with E-state index in [1.807, 2.05) is 0 Å². The largest absolute Gasteiger partial charge is 0.466 e. The zero-order valence-electron chi connectivity index (χ0n) is 11.3. The predicted molar refractivity (Wildman–Crippen MR) is 68.8 cm³/mol. The summed E-state index contributed by atoms with van der Waals surface area (Å²) in [7, 11) is 2.30. The molecule has 0 amide bonds. The first kappa shape index (κ1) is 16.4. The minimum Gasteiger partial charge on any atom is -0.466 e. The third-order valence-electron chi connectivity index (χ3n) is 2.23. The van der Waals surface area contributed by atoms with Gasteiger partial charge in [0.1, 0.15) is 11.4 Å². The Kier molecular flexibility index (Phi) is 6.12. The van der Waals surface area contributed by atoms with Gasteiger partial charge in [-0.15, -0.1) is 0 Å². The molecule has 0 aromatic heterocycles. The molecule has 1 N–H and O–H groups in total. The SMILES string of the molecule is COC(=O)/C=C(/Nc1ccc(OC(F)F)cc1)C(=O)OC. The summed E-state index contributed by atoms with van der Waals surface area (Å²) >= 11 is 0. The van der Waals surface area contributed by atoms with E-state index < -0.39 is 18.6 Å². The highest BCUT2D eigenvalue weighted by Crippen LogP contribution is 2.19. The van der Waals surface area contributed by atoms with Gasteiger partial charge in [-0.05, 0) is 24.3 Å². The maximum absolute atomic E-state index is 12.0. The molecule has 1 aromatic carbocycles. The van der Waals surface area contributed by atoms with Crippen LogP contribution in [-0.4, -0.2) is 32.8 Å². The fraction of sp³-hybridized carbons (Fsp3) is 0.231. The van der Waals surface area contributed by atoms with Gasteiger partial charge in [-0.1, -0.05) is 0 Å². The predicted octanol–water partition coefficient (Wildman–Crippen LogP) is 1.93. The van der Waals surface area contributed by atoms with E-state index >= 15 is 0 Å². The van der Waals surface area contributed by atoms with Gasteiger partial charge >= 0.3 is 18.6 Å². The Morgan fingerprint density at radius 3 is 2.24 bits per heavy atom. The Labute approximate surface area is 119 Å². The van der Waals surface area contributed by atoms with Crippen molar-refractivity contribution in [2.45, 2.75) is 6.61 Å². The van der Waals surface area contributed by atoms with Crippen molar-refractivity contribution in [1.82, 2.24) is 0 Å². The summed E-state index contributed by atoms with van der Waals surface area (Å²) in [4.78, 5) is 22.7. The Morgan fingerprint density at radius 1 is 1.14 bits per heavy atom. The van der Waals surface area contributed by atoms with Crippen LogP contribution in [0.2, 0.25) is 0 Å². The number of anilines is 1. The van der Waals surface area contributed by atoms with Gasteiger partial charge in [0.2, 0.25) is 0 Å². The van der Waals surface area contributed by atoms with Gasteiger partial charge in [-0.3, -0.25) is 0 Å². The molecule has 0 aliphatic rings. The summed E-state index contributed by atoms with van der Waals surface area (Å²) in [6.07, 6.45) is 0.912. The fourth-order valence-electron chi connectivity index (χ4n) is 1.31. The molecular formula is C13H13F2NO5. The Hall–Kier alpha value is -2.64. The van der Waals surface area contributed by atoms with Gasteiger partial charge in [-0.2, -0.15) is 8.78 Å². The van der Waals surface area contributed by atoms with Gasteiger partial charge in [-0.25, -0.2) is 9.59 Å². The second-order valence-electron chi connectivity index (χ2n) is 3.60. The highest BCUT2D eigenvalue weighted by atomic mass is 19.3. The van der Waals surface area contributed by atoms with Crippen LogP contribution in [0.4, 0.5) is 14.5 Å². The molecule has 0 aliphatic carbocycles. The number of benzene rings is 1. The monoisotopic (exact) mass is 301 g/mol. The van der Waals surface area contributed by atoms with Gasteiger partial charge in [0.15, 0.2) is 0 Å². The summed E-state index contributed by atoms with van der Waals surface area (Å²) in [6.45, 7) is -2.92. The van der Waals surface area contributed by atoms with E-state index in [1.165, 1.54) is 24.3 Å². The molecule has 8 heteroatoms. The summed E-state index contributed by atoms with van der Waals surface area (Å²) in [5, 5.41) is 2.62. The van der Waals surface area contributed by atoms with E-state index in [9.17, 15) is 18.4 Å². The molecule has 6 nitrogen and oxygen atoms in total. The van der Waals surface area contributed by atoms with Crippen LogP contribution in [0.25, 0.3) is 0 Å². The lowest BCUT2D eigenvalue weighted by Crippen LogP contribution is -2.15. The van der Waals surface area contributed by atoms with E-state index in [0.717, 1.165) is 20.3 Å². The number of methoxy groups -OCH3 is 2. The van der Waals surface area contributed by atoms with E-state index in [-0.39, 0.29) is 11.4 Å². The summed E-state index contributed by atoms with van der Waals surface area (Å²) in [5.41, 5.74) is 0.212. The van der Waals surface area contributed by atoms with Crippen molar-refractivity contribution in [3.63, 3.8) is 0 Å². The Morgan fingerprint density at radius 2 is 1.76 bits per heavy atom. The van der Waals surface area contributed by atoms with Crippen molar-refractivity contribution in [1.29, 1.82) is 0 Å². The second-order valence-corrected chi connectivity index (χ2v) is 3.60. The van der Waals surface area contributed by atoms with Crippen LogP contribution >= 0.6 is 0 Å². The summed E-state index contributed by atoms with van der Waals surface area (Å²) in [6, 6.07) is 5.35. The number of carbonyl (C=O) groups excluding carboxylic acids is 2. The maximum Gasteiger partial charge on any atom is 0.387 e. The van der Waals surface area contributed by atoms with Crippen LogP contribution in [-0.2, 0) is 19.1 Å². The quantitative estimate of drug-likeness (QED) is 0.639. The lowest BCUT2D eigenvalue weighted by atomic mass is 10.3. The number of rotatable bonds is 6. The zero-order chi connectivity index (χ0) is 15.8. The lowest BCUT2D eigenvalue weighted by Gasteiger charge is -2.10. The van der Waals surface area contributed by atoms with E-state index in [0.29, 0.717) is 5.69 Å². The molecular weight excluding hydrogens is 288 g/mol. The molecule has 21 heavy (non-hydrogen) atoms. The highest BCUT2D eigenvalue weighted by Gasteiger charge is 2.13. The molecule has 1 aromatic rings. The fourth-order valence-corrected chi connectivity index (χ4v) is 1.31. The highest BCUT2D eigenvalue weighted by molar-refractivity contribution is 5.98. The summed E-state index contributed by atoms with van der Waals surface area (Å²) in [5.74, 6) is -1.57. The average molecular weight is 301 g/mol. The number of esters is 2. The third-order valence-corrected chi connectivity index (χ3v) is 2.23. The van der Waals surface area contributed by atoms with Crippen LogP contribution in [0.3, 0.4) is 0 Å². The van der Waals surface area contributed by atoms with Crippen molar-refractivity contribution in [2.75, 3.05) is 19.5 Å². The Bertz CT molecular complexity index is 528. The second kappa shape index (κ2) is 7.83. The van der Waals surface area contributed by atoms with Gasteiger partial charge in [0.25, 0.3) is 0 Å². The lowest BCUT2D eigenvalue weighted by molar-refractivity contribution is -0.138. The van der Waals surface area contributed by atoms with Crippen LogP contribution in [0.1, 0.15) is 0 Å². The number of halogens is 2. The van der Waals surface area contributed by atoms with Crippen molar-refractivity contribution >= 4 is 17.6 Å². The number of ether oxygens (including phenoxy) is 3. The van der Waals surface area contributed by atoms with Crippen LogP contribution in [0.15, 0.2) is 36.0 Å². The Balaban J connectivity index is 2.86. The van der Waals surface area contributed by atoms with Gasteiger partial charge in [0, 0.05) is 5.69 Å². The topological polar surface area (TPSA) is 73.9 Å². The first-order chi connectivity index (χ1) is 9.96. The zero-order valence-corrected chi connectivity index (χ0v) is 11.3. The van der Waals surface area contributed by atoms with Crippen LogP contribution in [0, 0.1) is 0 Å². The molecule has 0 saturated carbocycles. The standard InChI is InChI=1S/C13H13F2NO5/c1-19-11(17)7-10(12(18)20-2)16-8-3-5-9(6-4-8)21-13(14)15/h3-7,13,16H,1-2H3/b10-7+. The van der Waals surface area contributed by atoms with E-state index in [2.05, 4.69) is 19.5 Å². The van der Waals surface area contributed by atoms with Crippen molar-refractivity contribution in [2.24, 2.45) is 0 Å². The number of alkyl halides is 2. The molecule has 0 radical (unpaired) electrons. The first-order valence-electron chi connectivity index (χ1n) is 5.66. The van der Waals surface area contributed by atoms with Gasteiger partial charge < -0.3 is 19.5 Å². The minimum absolute atomic E-state index is 0.0351. The van der Waals surface area contributed by atoms with Crippen molar-refractivity contribution in [3.05, 3.63) is 36.0 Å². The van der Waals surface area contributed by atoms with Crippen molar-refractivity contribution in [3.8, 4) is 5.75 Å². The molecule has 1 rings (SSSR count). The van der Waals surface area contributed by atoms with Crippen LogP contribution in [0.5, 0.6) is 5.75 Å². The third kappa shape index (κ3) is 5.47. The van der Waals surface area contributed by atoms with Crippen molar-refractivity contribution < 1.29 is 32.6 Å². The first-order valence-corrected chi connectivity index (χ1v) is 5.66. The number of nitrogens with one attached hydrogen (secondary N) is 1. The number of carbonyl (C=O) groups is 2. The normalized spacial score (nSPS) is 11.0. The maximum atomic E-state index is 12.0. The average Bonchev–Trinajstić information content (AvgIpc) is 2.46. The molecule has 0 unspecified atom stereocenters. The molecule has 0 spiro atoms. The molecule has 0 saturated heterocycles. The molecule has 0 bridgehead atoms.